The van der Waals surface area contributed by atoms with Crippen LogP contribution in [0.25, 0.3) is 10.2 Å². The third-order valence-electron chi connectivity index (χ3n) is 3.52. The van der Waals surface area contributed by atoms with Gasteiger partial charge in [-0.1, -0.05) is 0 Å². The summed E-state index contributed by atoms with van der Waals surface area (Å²) in [5.41, 5.74) is 3.01. The summed E-state index contributed by atoms with van der Waals surface area (Å²) in [6, 6.07) is 0.144. The average molecular weight is 277 g/mol. The molecule has 0 saturated carbocycles. The smallest absolute Gasteiger partial charge is 0.262 e. The lowest BCUT2D eigenvalue weighted by Gasteiger charge is -2.26. The minimum absolute atomic E-state index is 0.0362. The SMILES string of the molecule is Cc1nnc2sc(C(=O)NC3COC3)c(C)c2c1C. The van der Waals surface area contributed by atoms with Crippen LogP contribution in [0.1, 0.15) is 26.5 Å². The fraction of sp³-hybridized carbons (Fsp3) is 0.462. The average Bonchev–Trinajstić information content (AvgIpc) is 2.67. The maximum atomic E-state index is 12.2. The Morgan fingerprint density at radius 3 is 2.63 bits per heavy atom. The van der Waals surface area contributed by atoms with E-state index in [1.165, 1.54) is 11.3 Å². The van der Waals surface area contributed by atoms with Gasteiger partial charge in [0.05, 0.1) is 29.8 Å². The van der Waals surface area contributed by atoms with Gasteiger partial charge < -0.3 is 10.1 Å². The molecule has 0 unspecified atom stereocenters. The molecule has 1 N–H and O–H groups in total. The van der Waals surface area contributed by atoms with Crippen LogP contribution >= 0.6 is 11.3 Å². The maximum absolute atomic E-state index is 12.2. The number of carbonyl (C=O) groups excluding carboxylic acids is 1. The van der Waals surface area contributed by atoms with Crippen LogP contribution in [-0.2, 0) is 4.74 Å². The van der Waals surface area contributed by atoms with Gasteiger partial charge in [-0.15, -0.1) is 16.4 Å². The van der Waals surface area contributed by atoms with Gasteiger partial charge in [-0.2, -0.15) is 5.10 Å². The molecular formula is C13H15N3O2S. The maximum Gasteiger partial charge on any atom is 0.262 e. The van der Waals surface area contributed by atoms with Crippen molar-refractivity contribution >= 4 is 27.5 Å². The molecule has 3 rings (SSSR count). The molecule has 5 nitrogen and oxygen atoms in total. The van der Waals surface area contributed by atoms with E-state index in [-0.39, 0.29) is 11.9 Å². The van der Waals surface area contributed by atoms with Gasteiger partial charge in [0.25, 0.3) is 5.91 Å². The van der Waals surface area contributed by atoms with Crippen molar-refractivity contribution in [3.8, 4) is 0 Å². The van der Waals surface area contributed by atoms with Crippen LogP contribution in [0.5, 0.6) is 0 Å². The molecular weight excluding hydrogens is 262 g/mol. The van der Waals surface area contributed by atoms with Gasteiger partial charge in [0.2, 0.25) is 0 Å². The highest BCUT2D eigenvalue weighted by Crippen LogP contribution is 2.32. The molecule has 0 bridgehead atoms. The molecule has 0 aliphatic carbocycles. The second-order valence-electron chi connectivity index (χ2n) is 4.85. The number of carbonyl (C=O) groups is 1. The van der Waals surface area contributed by atoms with E-state index in [1.807, 2.05) is 20.8 Å². The summed E-state index contributed by atoms with van der Waals surface area (Å²) < 4.78 is 5.06. The van der Waals surface area contributed by atoms with Crippen molar-refractivity contribution in [2.45, 2.75) is 26.8 Å². The quantitative estimate of drug-likeness (QED) is 0.908. The molecule has 1 aliphatic rings. The molecule has 1 amide bonds. The highest BCUT2D eigenvalue weighted by molar-refractivity contribution is 7.20. The number of ether oxygens (including phenoxy) is 1. The zero-order chi connectivity index (χ0) is 13.6. The van der Waals surface area contributed by atoms with Crippen LogP contribution in [0.3, 0.4) is 0 Å². The number of aromatic nitrogens is 2. The summed E-state index contributed by atoms with van der Waals surface area (Å²) in [5.74, 6) is -0.0362. The van der Waals surface area contributed by atoms with Crippen LogP contribution in [0.2, 0.25) is 0 Å². The largest absolute Gasteiger partial charge is 0.377 e. The minimum Gasteiger partial charge on any atom is -0.377 e. The predicted octanol–water partition coefficient (Wildman–Crippen LogP) is 1.75. The molecule has 1 aliphatic heterocycles. The molecule has 0 atom stereocenters. The fourth-order valence-corrected chi connectivity index (χ4v) is 3.26. The lowest BCUT2D eigenvalue weighted by atomic mass is 10.1. The molecule has 1 fully saturated rings. The first-order valence-electron chi connectivity index (χ1n) is 6.19. The van der Waals surface area contributed by atoms with Gasteiger partial charge in [-0.05, 0) is 31.9 Å². The van der Waals surface area contributed by atoms with Crippen LogP contribution in [0, 0.1) is 20.8 Å². The highest BCUT2D eigenvalue weighted by atomic mass is 32.1. The molecule has 0 aromatic carbocycles. The first-order chi connectivity index (χ1) is 9.08. The van der Waals surface area contributed by atoms with Crippen molar-refractivity contribution in [2.75, 3.05) is 13.2 Å². The van der Waals surface area contributed by atoms with Crippen LogP contribution in [0.4, 0.5) is 0 Å². The van der Waals surface area contributed by atoms with Crippen molar-refractivity contribution in [1.29, 1.82) is 0 Å². The second kappa shape index (κ2) is 4.54. The Kier molecular flexibility index (Phi) is 2.99. The van der Waals surface area contributed by atoms with Gasteiger partial charge in [0, 0.05) is 5.39 Å². The van der Waals surface area contributed by atoms with E-state index < -0.39 is 0 Å². The van der Waals surface area contributed by atoms with Crippen molar-refractivity contribution < 1.29 is 9.53 Å². The summed E-state index contributed by atoms with van der Waals surface area (Å²) in [6.07, 6.45) is 0. The van der Waals surface area contributed by atoms with E-state index in [0.29, 0.717) is 13.2 Å². The van der Waals surface area contributed by atoms with E-state index in [4.69, 9.17) is 4.74 Å². The molecule has 2 aromatic rings. The minimum atomic E-state index is -0.0362. The number of hydrogen-bond acceptors (Lipinski definition) is 5. The summed E-state index contributed by atoms with van der Waals surface area (Å²) in [7, 11) is 0. The summed E-state index contributed by atoms with van der Waals surface area (Å²) >= 11 is 1.40. The Bertz CT molecular complexity index is 661. The summed E-state index contributed by atoms with van der Waals surface area (Å²) in [4.78, 5) is 13.8. The molecule has 3 heterocycles. The molecule has 0 spiro atoms. The molecule has 0 radical (unpaired) electrons. The van der Waals surface area contributed by atoms with Crippen LogP contribution < -0.4 is 5.32 Å². The van der Waals surface area contributed by atoms with Gasteiger partial charge in [0.1, 0.15) is 4.83 Å². The summed E-state index contributed by atoms with van der Waals surface area (Å²) in [5, 5.41) is 12.3. The number of aryl methyl sites for hydroxylation is 3. The van der Waals surface area contributed by atoms with Gasteiger partial charge >= 0.3 is 0 Å². The number of nitrogens with zero attached hydrogens (tertiary/aromatic N) is 2. The first kappa shape index (κ1) is 12.5. The number of thiophene rings is 1. The third-order valence-corrected chi connectivity index (χ3v) is 4.69. The predicted molar refractivity (Wildman–Crippen MR) is 73.7 cm³/mol. The van der Waals surface area contributed by atoms with E-state index in [1.54, 1.807) is 0 Å². The molecule has 6 heteroatoms. The lowest BCUT2D eigenvalue weighted by molar-refractivity contribution is -0.00339. The monoisotopic (exact) mass is 277 g/mol. The van der Waals surface area contributed by atoms with Crippen molar-refractivity contribution in [3.05, 3.63) is 21.7 Å². The number of amides is 1. The van der Waals surface area contributed by atoms with Gasteiger partial charge in [-0.25, -0.2) is 0 Å². The molecule has 2 aromatic heterocycles. The lowest BCUT2D eigenvalue weighted by Crippen LogP contribution is -2.48. The second-order valence-corrected chi connectivity index (χ2v) is 5.85. The van der Waals surface area contributed by atoms with Crippen LogP contribution in [-0.4, -0.2) is 35.4 Å². The van der Waals surface area contributed by atoms with Crippen LogP contribution in [0.15, 0.2) is 0 Å². The Hall–Kier alpha value is -1.53. The highest BCUT2D eigenvalue weighted by Gasteiger charge is 2.24. The molecule has 19 heavy (non-hydrogen) atoms. The van der Waals surface area contributed by atoms with Gasteiger partial charge in [-0.3, -0.25) is 4.79 Å². The van der Waals surface area contributed by atoms with E-state index in [0.717, 1.165) is 31.9 Å². The normalized spacial score (nSPS) is 15.5. The van der Waals surface area contributed by atoms with Crippen molar-refractivity contribution in [1.82, 2.24) is 15.5 Å². The standard InChI is InChI=1S/C13H15N3O2S/c1-6-8(3)15-16-13-10(6)7(2)11(19-13)12(17)14-9-4-18-5-9/h9H,4-5H2,1-3H3,(H,14,17). The number of nitrogens with one attached hydrogen (secondary N) is 1. The summed E-state index contributed by atoms with van der Waals surface area (Å²) in [6.45, 7) is 7.14. The number of fused-ring (bicyclic) bond motifs is 1. The number of hydrogen-bond donors (Lipinski definition) is 1. The Labute approximate surface area is 115 Å². The Morgan fingerprint density at radius 1 is 1.26 bits per heavy atom. The Balaban J connectivity index is 2.02. The van der Waals surface area contributed by atoms with Gasteiger partial charge in [0.15, 0.2) is 0 Å². The Morgan fingerprint density at radius 2 is 2.00 bits per heavy atom. The van der Waals surface area contributed by atoms with E-state index >= 15 is 0 Å². The van der Waals surface area contributed by atoms with E-state index in [2.05, 4.69) is 15.5 Å². The zero-order valence-electron chi connectivity index (χ0n) is 11.1. The van der Waals surface area contributed by atoms with Crippen molar-refractivity contribution in [3.63, 3.8) is 0 Å². The number of rotatable bonds is 2. The first-order valence-corrected chi connectivity index (χ1v) is 7.01. The topological polar surface area (TPSA) is 64.1 Å². The third kappa shape index (κ3) is 2.01. The molecule has 100 valence electrons. The fourth-order valence-electron chi connectivity index (χ4n) is 2.17. The van der Waals surface area contributed by atoms with Crippen molar-refractivity contribution in [2.24, 2.45) is 0 Å². The van der Waals surface area contributed by atoms with E-state index in [9.17, 15) is 4.79 Å². The zero-order valence-corrected chi connectivity index (χ0v) is 11.9. The molecule has 1 saturated heterocycles.